The van der Waals surface area contributed by atoms with E-state index in [2.05, 4.69) is 39.2 Å². The van der Waals surface area contributed by atoms with Gasteiger partial charge in [0.1, 0.15) is 0 Å². The van der Waals surface area contributed by atoms with Gasteiger partial charge in [0.2, 0.25) is 8.32 Å². The third-order valence-electron chi connectivity index (χ3n) is 3.97. The minimum Gasteiger partial charge on any atom is -0.411 e. The molecule has 0 fully saturated rings. The molecule has 0 aliphatic heterocycles. The molecule has 0 spiro atoms. The van der Waals surface area contributed by atoms with Crippen molar-refractivity contribution in [2.75, 3.05) is 0 Å². The Hall–Kier alpha value is -0.0831. The average Bonchev–Trinajstić information content (AvgIpc) is 2.42. The third kappa shape index (κ3) is 11.7. The summed E-state index contributed by atoms with van der Waals surface area (Å²) in [5, 5.41) is 0. The first kappa shape index (κ1) is 19.9. The summed E-state index contributed by atoms with van der Waals surface area (Å²) in [6.07, 6.45) is 15.2. The van der Waals surface area contributed by atoms with Crippen LogP contribution >= 0.6 is 0 Å². The Bertz CT molecular complexity index is 225. The highest BCUT2D eigenvalue weighted by atomic mass is 28.4. The lowest BCUT2D eigenvalue weighted by Crippen LogP contribution is -2.33. The molecule has 0 bridgehead atoms. The average molecular weight is 299 g/mol. The van der Waals surface area contributed by atoms with E-state index in [-0.39, 0.29) is 0 Å². The second kappa shape index (κ2) is 12.6. The van der Waals surface area contributed by atoms with Crippen molar-refractivity contribution in [1.29, 1.82) is 0 Å². The maximum absolute atomic E-state index is 6.38. The van der Waals surface area contributed by atoms with Crippen molar-refractivity contribution in [3.63, 3.8) is 0 Å². The predicted octanol–water partition coefficient (Wildman–Crippen LogP) is 6.63. The van der Waals surface area contributed by atoms with Crippen LogP contribution in [0.5, 0.6) is 0 Å². The molecular weight excluding hydrogens is 260 g/mol. The van der Waals surface area contributed by atoms with Gasteiger partial charge in [0.25, 0.3) is 0 Å². The molecule has 0 aromatic rings. The summed E-state index contributed by atoms with van der Waals surface area (Å²) in [5.41, 5.74) is 2.07. The highest BCUT2D eigenvalue weighted by molar-refractivity contribution is 6.76. The fourth-order valence-corrected chi connectivity index (χ4v) is 3.71. The SMILES string of the molecule is C=C[Si](C)(C)OC(CCCCC)CCCCCCCC. The number of hydrogen-bond acceptors (Lipinski definition) is 1. The van der Waals surface area contributed by atoms with E-state index in [0.717, 1.165) is 0 Å². The Labute approximate surface area is 129 Å². The topological polar surface area (TPSA) is 9.23 Å². The van der Waals surface area contributed by atoms with E-state index in [1.807, 2.05) is 0 Å². The Morgan fingerprint density at radius 3 is 1.85 bits per heavy atom. The van der Waals surface area contributed by atoms with Gasteiger partial charge in [-0.05, 0) is 25.9 Å². The van der Waals surface area contributed by atoms with E-state index < -0.39 is 8.32 Å². The van der Waals surface area contributed by atoms with Crippen molar-refractivity contribution in [3.05, 3.63) is 12.3 Å². The lowest BCUT2D eigenvalue weighted by Gasteiger charge is -2.27. The maximum atomic E-state index is 6.38. The Morgan fingerprint density at radius 2 is 1.30 bits per heavy atom. The quantitative estimate of drug-likeness (QED) is 0.258. The molecule has 2 heteroatoms. The summed E-state index contributed by atoms with van der Waals surface area (Å²) in [5.74, 6) is 0. The molecule has 0 aromatic carbocycles. The number of rotatable bonds is 14. The molecule has 0 saturated carbocycles. The van der Waals surface area contributed by atoms with Crippen LogP contribution < -0.4 is 0 Å². The van der Waals surface area contributed by atoms with E-state index >= 15 is 0 Å². The van der Waals surface area contributed by atoms with Crippen LogP contribution in [-0.2, 0) is 4.43 Å². The molecule has 1 unspecified atom stereocenters. The first-order chi connectivity index (χ1) is 9.55. The largest absolute Gasteiger partial charge is 0.411 e. The number of hydrogen-bond donors (Lipinski definition) is 0. The van der Waals surface area contributed by atoms with Crippen molar-refractivity contribution in [2.24, 2.45) is 0 Å². The molecule has 120 valence electrons. The van der Waals surface area contributed by atoms with Crippen LogP contribution in [0, 0.1) is 0 Å². The minimum absolute atomic E-state index is 0.479. The molecule has 0 radical (unpaired) electrons. The molecule has 1 atom stereocenters. The monoisotopic (exact) mass is 298 g/mol. The Morgan fingerprint density at radius 1 is 0.850 bits per heavy atom. The molecule has 0 aliphatic carbocycles. The molecule has 0 aromatic heterocycles. The van der Waals surface area contributed by atoms with Crippen molar-refractivity contribution in [2.45, 2.75) is 104 Å². The van der Waals surface area contributed by atoms with Gasteiger partial charge in [0, 0.05) is 6.10 Å². The van der Waals surface area contributed by atoms with Gasteiger partial charge in [-0.3, -0.25) is 0 Å². The van der Waals surface area contributed by atoms with Crippen LogP contribution in [0.25, 0.3) is 0 Å². The van der Waals surface area contributed by atoms with Crippen molar-refractivity contribution in [1.82, 2.24) is 0 Å². The van der Waals surface area contributed by atoms with E-state index in [9.17, 15) is 0 Å². The van der Waals surface area contributed by atoms with Crippen molar-refractivity contribution in [3.8, 4) is 0 Å². The summed E-state index contributed by atoms with van der Waals surface area (Å²) >= 11 is 0. The fourth-order valence-electron chi connectivity index (χ4n) is 2.51. The minimum atomic E-state index is -1.62. The van der Waals surface area contributed by atoms with Crippen LogP contribution in [0.3, 0.4) is 0 Å². The second-order valence-electron chi connectivity index (χ2n) is 6.60. The van der Waals surface area contributed by atoms with Crippen LogP contribution in [0.1, 0.15) is 84.5 Å². The molecule has 0 saturated heterocycles. The highest BCUT2D eigenvalue weighted by Crippen LogP contribution is 2.20. The standard InChI is InChI=1S/C18H38OSi/c1-6-9-11-12-13-15-17-18(16-14-10-7-2)19-20(4,5)8-3/h8,18H,3,6-7,9-17H2,1-2,4-5H3. The van der Waals surface area contributed by atoms with Gasteiger partial charge >= 0.3 is 0 Å². The van der Waals surface area contributed by atoms with E-state index in [4.69, 9.17) is 4.43 Å². The van der Waals surface area contributed by atoms with E-state index in [1.165, 1.54) is 70.6 Å². The van der Waals surface area contributed by atoms with Crippen LogP contribution in [-0.4, -0.2) is 14.4 Å². The molecule has 1 nitrogen and oxygen atoms in total. The summed E-state index contributed by atoms with van der Waals surface area (Å²) < 4.78 is 6.38. The Kier molecular flexibility index (Phi) is 12.6. The zero-order valence-corrected chi connectivity index (χ0v) is 15.5. The Balaban J connectivity index is 3.94. The van der Waals surface area contributed by atoms with Gasteiger partial charge in [0.05, 0.1) is 0 Å². The first-order valence-electron chi connectivity index (χ1n) is 8.87. The first-order valence-corrected chi connectivity index (χ1v) is 11.9. The van der Waals surface area contributed by atoms with E-state index in [0.29, 0.717) is 6.10 Å². The van der Waals surface area contributed by atoms with Gasteiger partial charge in [-0.1, -0.05) is 77.3 Å². The highest BCUT2D eigenvalue weighted by Gasteiger charge is 2.22. The maximum Gasteiger partial charge on any atom is 0.210 e. The molecule has 0 rings (SSSR count). The van der Waals surface area contributed by atoms with Crippen LogP contribution in [0.2, 0.25) is 13.1 Å². The normalized spacial score (nSPS) is 13.4. The lowest BCUT2D eigenvalue weighted by atomic mass is 10.0. The van der Waals surface area contributed by atoms with Crippen LogP contribution in [0.15, 0.2) is 12.3 Å². The summed E-state index contributed by atoms with van der Waals surface area (Å²) in [6, 6.07) is 0. The second-order valence-corrected chi connectivity index (χ2v) is 10.5. The summed E-state index contributed by atoms with van der Waals surface area (Å²) in [7, 11) is -1.62. The molecule has 0 amide bonds. The van der Waals surface area contributed by atoms with Gasteiger partial charge in [0.15, 0.2) is 0 Å². The lowest BCUT2D eigenvalue weighted by molar-refractivity contribution is 0.167. The van der Waals surface area contributed by atoms with E-state index in [1.54, 1.807) is 0 Å². The van der Waals surface area contributed by atoms with Gasteiger partial charge < -0.3 is 4.43 Å². The zero-order chi connectivity index (χ0) is 15.3. The smallest absolute Gasteiger partial charge is 0.210 e. The molecule has 0 aliphatic rings. The molecule has 0 N–H and O–H groups in total. The van der Waals surface area contributed by atoms with Crippen LogP contribution in [0.4, 0.5) is 0 Å². The molecule has 20 heavy (non-hydrogen) atoms. The van der Waals surface area contributed by atoms with Crippen molar-refractivity contribution >= 4 is 8.32 Å². The predicted molar refractivity (Wildman–Crippen MR) is 94.7 cm³/mol. The molecular formula is C18H38OSi. The molecule has 0 heterocycles. The third-order valence-corrected chi connectivity index (χ3v) is 5.90. The fraction of sp³-hybridized carbons (Fsp3) is 0.889. The van der Waals surface area contributed by atoms with Gasteiger partial charge in [-0.25, -0.2) is 0 Å². The zero-order valence-electron chi connectivity index (χ0n) is 14.5. The van der Waals surface area contributed by atoms with Gasteiger partial charge in [-0.15, -0.1) is 6.58 Å². The van der Waals surface area contributed by atoms with Crippen molar-refractivity contribution < 1.29 is 4.43 Å². The number of unbranched alkanes of at least 4 members (excludes halogenated alkanes) is 7. The summed E-state index contributed by atoms with van der Waals surface area (Å²) in [6.45, 7) is 13.0. The van der Waals surface area contributed by atoms with Gasteiger partial charge in [-0.2, -0.15) is 0 Å². The summed E-state index contributed by atoms with van der Waals surface area (Å²) in [4.78, 5) is 0.